The van der Waals surface area contributed by atoms with Gasteiger partial charge in [0.15, 0.2) is 9.84 Å². The van der Waals surface area contributed by atoms with E-state index >= 15 is 0 Å². The van der Waals surface area contributed by atoms with Crippen LogP contribution in [-0.2, 0) is 21.1 Å². The predicted octanol–water partition coefficient (Wildman–Crippen LogP) is 5.23. The van der Waals surface area contributed by atoms with Gasteiger partial charge in [0.05, 0.1) is 11.0 Å². The first kappa shape index (κ1) is 21.1. The zero-order valence-corrected chi connectivity index (χ0v) is 17.2. The van der Waals surface area contributed by atoms with E-state index in [-0.39, 0.29) is 16.8 Å². The summed E-state index contributed by atoms with van der Waals surface area (Å²) >= 11 is 0. The van der Waals surface area contributed by atoms with E-state index in [0.717, 1.165) is 18.4 Å². The largest absolute Gasteiger partial charge is 0.299 e. The quantitative estimate of drug-likeness (QED) is 0.524. The maximum absolute atomic E-state index is 12.1. The molecule has 0 atom stereocenters. The predicted molar refractivity (Wildman–Crippen MR) is 108 cm³/mol. The van der Waals surface area contributed by atoms with Crippen molar-refractivity contribution in [2.24, 2.45) is 0 Å². The lowest BCUT2D eigenvalue weighted by atomic mass is 9.84. The Bertz CT molecular complexity index is 653. The smallest absolute Gasteiger partial charge is 0.152 e. The molecule has 2 rings (SSSR count). The molecule has 1 aliphatic rings. The molecule has 4 heteroatoms. The van der Waals surface area contributed by atoms with E-state index in [1.165, 1.54) is 37.7 Å². The van der Waals surface area contributed by atoms with Gasteiger partial charge in [-0.25, -0.2) is 8.42 Å². The third-order valence-corrected chi connectivity index (χ3v) is 7.85. The molecule has 1 aromatic carbocycles. The molecule has 0 unspecified atom stereocenters. The van der Waals surface area contributed by atoms with Crippen LogP contribution in [0, 0.1) is 0 Å². The van der Waals surface area contributed by atoms with Crippen LogP contribution in [0.2, 0.25) is 0 Å². The normalized spacial score (nSPS) is 16.1. The number of carbonyl (C=O) groups is 1. The number of ketones is 1. The summed E-state index contributed by atoms with van der Waals surface area (Å²) in [7, 11) is -2.95. The molecule has 0 aliphatic heterocycles. The highest BCUT2D eigenvalue weighted by Gasteiger charge is 2.16. The summed E-state index contributed by atoms with van der Waals surface area (Å²) in [5.41, 5.74) is 2.52. The van der Waals surface area contributed by atoms with Crippen LogP contribution in [0.4, 0.5) is 0 Å². The van der Waals surface area contributed by atoms with Crippen LogP contribution in [0.1, 0.15) is 88.7 Å². The molecule has 1 fully saturated rings. The molecule has 0 amide bonds. The molecule has 1 aliphatic carbocycles. The van der Waals surface area contributed by atoms with Gasteiger partial charge >= 0.3 is 0 Å². The van der Waals surface area contributed by atoms with Gasteiger partial charge in [0, 0.05) is 12.8 Å². The van der Waals surface area contributed by atoms with Gasteiger partial charge in [0.2, 0.25) is 0 Å². The van der Waals surface area contributed by atoms with Gasteiger partial charge in [-0.2, -0.15) is 0 Å². The van der Waals surface area contributed by atoms with Crippen molar-refractivity contribution < 1.29 is 13.2 Å². The minimum atomic E-state index is -2.95. The third kappa shape index (κ3) is 6.86. The summed E-state index contributed by atoms with van der Waals surface area (Å²) in [4.78, 5) is 12.1. The van der Waals surface area contributed by atoms with Crippen LogP contribution < -0.4 is 0 Å². The molecule has 0 spiro atoms. The fourth-order valence-corrected chi connectivity index (χ4v) is 4.78. The summed E-state index contributed by atoms with van der Waals surface area (Å²) in [6.07, 6.45) is 9.92. The van der Waals surface area contributed by atoms with Crippen LogP contribution in [0.5, 0.6) is 0 Å². The lowest BCUT2D eigenvalue weighted by molar-refractivity contribution is -0.118. The van der Waals surface area contributed by atoms with E-state index in [1.807, 2.05) is 0 Å². The molecule has 1 aromatic rings. The van der Waals surface area contributed by atoms with Gasteiger partial charge < -0.3 is 0 Å². The van der Waals surface area contributed by atoms with Crippen molar-refractivity contribution in [3.05, 3.63) is 35.4 Å². The van der Waals surface area contributed by atoms with Crippen molar-refractivity contribution in [2.45, 2.75) is 89.2 Å². The highest BCUT2D eigenvalue weighted by Crippen LogP contribution is 2.32. The summed E-state index contributed by atoms with van der Waals surface area (Å²) in [5.74, 6) is 1.19. The number of hydrogen-bond acceptors (Lipinski definition) is 3. The standard InChI is InChI=1S/C22H34O3S/c1-18(2)26(24,25)16-8-4-7-11-22(23)17-19-12-14-21(15-13-19)20-9-5-3-6-10-20/h12-15,18,20H,3-11,16-17H2,1-2H3. The fourth-order valence-electron chi connectivity index (χ4n) is 3.70. The Balaban J connectivity index is 1.67. The van der Waals surface area contributed by atoms with E-state index in [2.05, 4.69) is 24.3 Å². The summed E-state index contributed by atoms with van der Waals surface area (Å²) in [5, 5.41) is -0.305. The molecule has 1 saturated carbocycles. The Morgan fingerprint density at radius 2 is 1.65 bits per heavy atom. The van der Waals surface area contributed by atoms with Crippen molar-refractivity contribution in [3.63, 3.8) is 0 Å². The highest BCUT2D eigenvalue weighted by atomic mass is 32.2. The van der Waals surface area contributed by atoms with Crippen LogP contribution in [-0.4, -0.2) is 25.2 Å². The highest BCUT2D eigenvalue weighted by molar-refractivity contribution is 7.91. The molecule has 0 heterocycles. The first-order valence-electron chi connectivity index (χ1n) is 10.2. The minimum absolute atomic E-state index is 0.238. The first-order chi connectivity index (χ1) is 12.4. The average Bonchev–Trinajstić information content (AvgIpc) is 2.62. The molecule has 26 heavy (non-hydrogen) atoms. The lowest BCUT2D eigenvalue weighted by Crippen LogP contribution is -2.17. The van der Waals surface area contributed by atoms with Crippen molar-refractivity contribution >= 4 is 15.6 Å². The lowest BCUT2D eigenvalue weighted by Gasteiger charge is -2.22. The SMILES string of the molecule is CC(C)S(=O)(=O)CCCCCC(=O)Cc1ccc(C2CCCCC2)cc1. The number of sulfone groups is 1. The Kier molecular flexibility index (Phi) is 8.33. The Labute approximate surface area is 159 Å². The maximum Gasteiger partial charge on any atom is 0.152 e. The average molecular weight is 379 g/mol. The van der Waals surface area contributed by atoms with Gasteiger partial charge in [-0.15, -0.1) is 0 Å². The molecule has 0 bridgehead atoms. The number of Topliss-reactive ketones (excluding diaryl/α,β-unsaturated/α-hetero) is 1. The van der Waals surface area contributed by atoms with Crippen LogP contribution in [0.25, 0.3) is 0 Å². The van der Waals surface area contributed by atoms with Gasteiger partial charge in [0.25, 0.3) is 0 Å². The maximum atomic E-state index is 12.1. The second-order valence-electron chi connectivity index (χ2n) is 8.02. The second kappa shape index (κ2) is 10.2. The van der Waals surface area contributed by atoms with E-state index in [4.69, 9.17) is 0 Å². The Hall–Kier alpha value is -1.16. The number of carbonyl (C=O) groups excluding carboxylic acids is 1. The van der Waals surface area contributed by atoms with Crippen molar-refractivity contribution in [1.29, 1.82) is 0 Å². The number of hydrogen-bond donors (Lipinski definition) is 0. The first-order valence-corrected chi connectivity index (χ1v) is 11.9. The molecule has 0 saturated heterocycles. The topological polar surface area (TPSA) is 51.2 Å². The fraction of sp³-hybridized carbons (Fsp3) is 0.682. The van der Waals surface area contributed by atoms with Gasteiger partial charge in [-0.05, 0) is 56.6 Å². The zero-order chi connectivity index (χ0) is 19.0. The monoisotopic (exact) mass is 378 g/mol. The van der Waals surface area contributed by atoms with Gasteiger partial charge in [0.1, 0.15) is 5.78 Å². The number of unbranched alkanes of at least 4 members (excludes halogenated alkanes) is 2. The molecular formula is C22H34O3S. The molecule has 3 nitrogen and oxygen atoms in total. The van der Waals surface area contributed by atoms with Crippen molar-refractivity contribution in [2.75, 3.05) is 5.75 Å². The van der Waals surface area contributed by atoms with Crippen LogP contribution in [0.15, 0.2) is 24.3 Å². The summed E-state index contributed by atoms with van der Waals surface area (Å²) in [6.45, 7) is 3.44. The second-order valence-corrected chi connectivity index (χ2v) is 10.7. The van der Waals surface area contributed by atoms with Crippen LogP contribution in [0.3, 0.4) is 0 Å². The van der Waals surface area contributed by atoms with Gasteiger partial charge in [-0.1, -0.05) is 49.9 Å². The number of rotatable bonds is 10. The Morgan fingerprint density at radius 3 is 2.27 bits per heavy atom. The van der Waals surface area contributed by atoms with E-state index in [1.54, 1.807) is 13.8 Å². The Morgan fingerprint density at radius 1 is 1.00 bits per heavy atom. The molecular weight excluding hydrogens is 344 g/mol. The van der Waals surface area contributed by atoms with Crippen LogP contribution >= 0.6 is 0 Å². The third-order valence-electron chi connectivity index (χ3n) is 5.56. The van der Waals surface area contributed by atoms with E-state index in [9.17, 15) is 13.2 Å². The van der Waals surface area contributed by atoms with Crippen molar-refractivity contribution in [1.82, 2.24) is 0 Å². The number of benzene rings is 1. The summed E-state index contributed by atoms with van der Waals surface area (Å²) < 4.78 is 23.5. The molecule has 146 valence electrons. The van der Waals surface area contributed by atoms with E-state index in [0.29, 0.717) is 25.2 Å². The minimum Gasteiger partial charge on any atom is -0.299 e. The molecule has 0 aromatic heterocycles. The molecule has 0 N–H and O–H groups in total. The van der Waals surface area contributed by atoms with Crippen molar-refractivity contribution in [3.8, 4) is 0 Å². The van der Waals surface area contributed by atoms with E-state index < -0.39 is 9.84 Å². The summed E-state index contributed by atoms with van der Waals surface area (Å²) in [6, 6.07) is 8.62. The molecule has 0 radical (unpaired) electrons. The van der Waals surface area contributed by atoms with Gasteiger partial charge in [-0.3, -0.25) is 4.79 Å². The zero-order valence-electron chi connectivity index (χ0n) is 16.4.